The third-order valence-electron chi connectivity index (χ3n) is 6.78. The second kappa shape index (κ2) is 11.3. The molecule has 1 fully saturated rings. The molecular formula is C26H35N3O3S. The molecule has 0 aliphatic carbocycles. The van der Waals surface area contributed by atoms with E-state index < -0.39 is 5.92 Å². The van der Waals surface area contributed by atoms with E-state index in [1.807, 2.05) is 46.7 Å². The van der Waals surface area contributed by atoms with Gasteiger partial charge in [0, 0.05) is 37.2 Å². The fourth-order valence-corrected chi connectivity index (χ4v) is 6.07. The number of nitrogens with one attached hydrogen (secondary N) is 1. The summed E-state index contributed by atoms with van der Waals surface area (Å²) in [5, 5.41) is 5.20. The minimum atomic E-state index is -0.440. The lowest BCUT2D eigenvalue weighted by molar-refractivity contribution is -0.124. The van der Waals surface area contributed by atoms with Gasteiger partial charge in [-0.2, -0.15) is 0 Å². The molecule has 3 atom stereocenters. The molecule has 33 heavy (non-hydrogen) atoms. The number of thiophene rings is 1. The Morgan fingerprint density at radius 2 is 2.06 bits per heavy atom. The molecule has 0 radical (unpaired) electrons. The van der Waals surface area contributed by atoms with E-state index >= 15 is 0 Å². The summed E-state index contributed by atoms with van der Waals surface area (Å²) in [6.07, 6.45) is 3.51. The Morgan fingerprint density at radius 1 is 1.21 bits per heavy atom. The number of methoxy groups -OCH3 is 1. The van der Waals surface area contributed by atoms with E-state index in [1.165, 1.54) is 12.8 Å². The van der Waals surface area contributed by atoms with Gasteiger partial charge in [-0.1, -0.05) is 31.2 Å². The van der Waals surface area contributed by atoms with Crippen molar-refractivity contribution in [2.75, 3.05) is 46.4 Å². The summed E-state index contributed by atoms with van der Waals surface area (Å²) in [6.45, 7) is 7.16. The van der Waals surface area contributed by atoms with E-state index in [0.29, 0.717) is 25.3 Å². The van der Waals surface area contributed by atoms with E-state index in [2.05, 4.69) is 17.1 Å². The first-order valence-corrected chi connectivity index (χ1v) is 12.9. The SMILES string of the molecule is COCCN1C(=O)c2ccccc2[C@H](C(=O)NCCCN2CCC[C@H](C)C2)[C@H]1c1cccs1. The van der Waals surface area contributed by atoms with Crippen molar-refractivity contribution in [1.29, 1.82) is 0 Å². The number of hydrogen-bond donors (Lipinski definition) is 1. The fourth-order valence-electron chi connectivity index (χ4n) is 5.20. The lowest BCUT2D eigenvalue weighted by atomic mass is 9.81. The average molecular weight is 470 g/mol. The van der Waals surface area contributed by atoms with Crippen LogP contribution in [-0.4, -0.2) is 68.1 Å². The molecular weight excluding hydrogens is 434 g/mol. The first-order valence-electron chi connectivity index (χ1n) is 12.0. The maximum atomic E-state index is 13.6. The van der Waals surface area contributed by atoms with Crippen molar-refractivity contribution in [3.63, 3.8) is 0 Å². The summed E-state index contributed by atoms with van der Waals surface area (Å²) in [5.41, 5.74) is 1.43. The van der Waals surface area contributed by atoms with E-state index in [9.17, 15) is 9.59 Å². The smallest absolute Gasteiger partial charge is 0.254 e. The third-order valence-corrected chi connectivity index (χ3v) is 7.73. The van der Waals surface area contributed by atoms with Gasteiger partial charge in [-0.25, -0.2) is 0 Å². The maximum Gasteiger partial charge on any atom is 0.254 e. The van der Waals surface area contributed by atoms with Crippen LogP contribution in [0, 0.1) is 5.92 Å². The molecule has 1 saturated heterocycles. The monoisotopic (exact) mass is 469 g/mol. The Hall–Kier alpha value is -2.22. The number of amides is 2. The molecule has 3 heterocycles. The molecule has 1 aromatic heterocycles. The number of rotatable bonds is 9. The molecule has 2 amide bonds. The first kappa shape index (κ1) is 23.9. The number of benzene rings is 1. The molecule has 6 nitrogen and oxygen atoms in total. The lowest BCUT2D eigenvalue weighted by Gasteiger charge is -2.41. The minimum absolute atomic E-state index is 0.0113. The van der Waals surface area contributed by atoms with Gasteiger partial charge in [-0.3, -0.25) is 9.59 Å². The van der Waals surface area contributed by atoms with Gasteiger partial charge >= 0.3 is 0 Å². The zero-order chi connectivity index (χ0) is 23.2. The van der Waals surface area contributed by atoms with Crippen LogP contribution in [0.1, 0.15) is 58.9 Å². The highest BCUT2D eigenvalue weighted by atomic mass is 32.1. The van der Waals surface area contributed by atoms with Gasteiger partial charge in [0.1, 0.15) is 0 Å². The van der Waals surface area contributed by atoms with Crippen LogP contribution >= 0.6 is 11.3 Å². The summed E-state index contributed by atoms with van der Waals surface area (Å²) in [5.74, 6) is 0.269. The van der Waals surface area contributed by atoms with Crippen LogP contribution in [0.2, 0.25) is 0 Å². The summed E-state index contributed by atoms with van der Waals surface area (Å²) in [4.78, 5) is 32.4. The predicted molar refractivity (Wildman–Crippen MR) is 132 cm³/mol. The molecule has 0 bridgehead atoms. The van der Waals surface area contributed by atoms with Crippen molar-refractivity contribution >= 4 is 23.2 Å². The lowest BCUT2D eigenvalue weighted by Crippen LogP contribution is -2.48. The predicted octanol–water partition coefficient (Wildman–Crippen LogP) is 3.91. The molecule has 4 rings (SSSR count). The van der Waals surface area contributed by atoms with E-state index in [4.69, 9.17) is 4.74 Å². The molecule has 7 heteroatoms. The number of likely N-dealkylation sites (tertiary alicyclic amines) is 1. The number of hydrogen-bond acceptors (Lipinski definition) is 5. The molecule has 2 aromatic rings. The Balaban J connectivity index is 1.52. The molecule has 0 unspecified atom stereocenters. The summed E-state index contributed by atoms with van der Waals surface area (Å²) >= 11 is 1.59. The van der Waals surface area contributed by atoms with Crippen LogP contribution in [0.5, 0.6) is 0 Å². The summed E-state index contributed by atoms with van der Waals surface area (Å²) < 4.78 is 5.29. The topological polar surface area (TPSA) is 61.9 Å². The second-order valence-corrected chi connectivity index (χ2v) is 10.2. The Kier molecular flexibility index (Phi) is 8.17. The zero-order valence-electron chi connectivity index (χ0n) is 19.7. The van der Waals surface area contributed by atoms with Crippen LogP contribution in [-0.2, 0) is 9.53 Å². The van der Waals surface area contributed by atoms with E-state index in [-0.39, 0.29) is 17.9 Å². The van der Waals surface area contributed by atoms with Gasteiger partial charge in [-0.05, 0) is 61.3 Å². The van der Waals surface area contributed by atoms with Crippen LogP contribution in [0.25, 0.3) is 0 Å². The summed E-state index contributed by atoms with van der Waals surface area (Å²) in [6, 6.07) is 11.2. The zero-order valence-corrected chi connectivity index (χ0v) is 20.5. The number of piperidine rings is 1. The van der Waals surface area contributed by atoms with Crippen molar-refractivity contribution in [3.05, 3.63) is 57.8 Å². The standard InChI is InChI=1S/C26H35N3O3S/c1-19-8-5-13-28(18-19)14-7-12-27-25(30)23-20-9-3-4-10-21(20)26(31)29(15-16-32-2)24(23)22-11-6-17-33-22/h3-4,6,9-11,17,19,23-24H,5,7-8,12-16,18H2,1-2H3,(H,27,30)/t19-,23-,24+/m0/s1. The number of carbonyl (C=O) groups excluding carboxylic acids is 2. The van der Waals surface area contributed by atoms with Crippen LogP contribution < -0.4 is 5.32 Å². The Bertz CT molecular complexity index is 933. The fraction of sp³-hybridized carbons (Fsp3) is 0.538. The van der Waals surface area contributed by atoms with E-state index in [0.717, 1.165) is 42.4 Å². The number of fused-ring (bicyclic) bond motifs is 1. The molecule has 2 aliphatic heterocycles. The second-order valence-electron chi connectivity index (χ2n) is 9.21. The molecule has 1 aromatic carbocycles. The van der Waals surface area contributed by atoms with Gasteiger partial charge < -0.3 is 19.9 Å². The molecule has 0 saturated carbocycles. The van der Waals surface area contributed by atoms with Crippen molar-refractivity contribution in [3.8, 4) is 0 Å². The molecule has 1 N–H and O–H groups in total. The van der Waals surface area contributed by atoms with Gasteiger partial charge in [0.15, 0.2) is 0 Å². The molecule has 0 spiro atoms. The van der Waals surface area contributed by atoms with Gasteiger partial charge in [0.05, 0.1) is 18.6 Å². The highest BCUT2D eigenvalue weighted by molar-refractivity contribution is 7.10. The normalized spacial score (nSPS) is 23.4. The van der Waals surface area contributed by atoms with Gasteiger partial charge in [-0.15, -0.1) is 11.3 Å². The highest BCUT2D eigenvalue weighted by Crippen LogP contribution is 2.44. The van der Waals surface area contributed by atoms with Crippen LogP contribution in [0.3, 0.4) is 0 Å². The molecule has 2 aliphatic rings. The van der Waals surface area contributed by atoms with Crippen LogP contribution in [0.15, 0.2) is 41.8 Å². The van der Waals surface area contributed by atoms with Crippen LogP contribution in [0.4, 0.5) is 0 Å². The number of ether oxygens (including phenoxy) is 1. The number of nitrogens with zero attached hydrogens (tertiary/aromatic N) is 2. The maximum absolute atomic E-state index is 13.6. The van der Waals surface area contributed by atoms with Gasteiger partial charge in [0.2, 0.25) is 5.91 Å². The minimum Gasteiger partial charge on any atom is -0.383 e. The first-order chi connectivity index (χ1) is 16.1. The molecule has 178 valence electrons. The summed E-state index contributed by atoms with van der Waals surface area (Å²) in [7, 11) is 1.63. The quantitative estimate of drug-likeness (QED) is 0.566. The third kappa shape index (κ3) is 5.48. The van der Waals surface area contributed by atoms with Crippen molar-refractivity contribution < 1.29 is 14.3 Å². The van der Waals surface area contributed by atoms with Gasteiger partial charge in [0.25, 0.3) is 5.91 Å². The highest BCUT2D eigenvalue weighted by Gasteiger charge is 2.44. The van der Waals surface area contributed by atoms with Crippen molar-refractivity contribution in [2.24, 2.45) is 5.92 Å². The largest absolute Gasteiger partial charge is 0.383 e. The Labute approximate surface area is 200 Å². The van der Waals surface area contributed by atoms with Crippen molar-refractivity contribution in [1.82, 2.24) is 15.1 Å². The number of carbonyl (C=O) groups is 2. The Morgan fingerprint density at radius 3 is 2.82 bits per heavy atom. The van der Waals surface area contributed by atoms with Crippen molar-refractivity contribution in [2.45, 2.75) is 38.1 Å². The van der Waals surface area contributed by atoms with E-state index in [1.54, 1.807) is 18.4 Å². The average Bonchev–Trinajstić information content (AvgIpc) is 3.35.